The van der Waals surface area contributed by atoms with E-state index in [4.69, 9.17) is 10.5 Å². The van der Waals surface area contributed by atoms with Crippen molar-refractivity contribution in [2.75, 3.05) is 6.54 Å². The SMILES string of the molecule is NCCc1cc(Br)ccc1Oc1ccc(F)c(F)c1. The van der Waals surface area contributed by atoms with Gasteiger partial charge in [0.25, 0.3) is 0 Å². The molecule has 0 saturated heterocycles. The van der Waals surface area contributed by atoms with E-state index in [0.717, 1.165) is 22.2 Å². The molecule has 5 heteroatoms. The number of rotatable bonds is 4. The van der Waals surface area contributed by atoms with E-state index in [9.17, 15) is 8.78 Å². The molecule has 0 heterocycles. The van der Waals surface area contributed by atoms with Crippen LogP contribution in [0.15, 0.2) is 40.9 Å². The number of hydrogen-bond acceptors (Lipinski definition) is 2. The van der Waals surface area contributed by atoms with Crippen molar-refractivity contribution >= 4 is 15.9 Å². The minimum atomic E-state index is -0.935. The van der Waals surface area contributed by atoms with Crippen LogP contribution in [-0.2, 0) is 6.42 Å². The molecule has 0 amide bonds. The van der Waals surface area contributed by atoms with Crippen LogP contribution in [0.2, 0.25) is 0 Å². The lowest BCUT2D eigenvalue weighted by Crippen LogP contribution is -2.04. The lowest BCUT2D eigenvalue weighted by atomic mass is 10.1. The average molecular weight is 328 g/mol. The predicted molar refractivity (Wildman–Crippen MR) is 73.3 cm³/mol. The molecule has 2 N–H and O–H groups in total. The molecular weight excluding hydrogens is 316 g/mol. The van der Waals surface area contributed by atoms with Crippen molar-refractivity contribution in [2.45, 2.75) is 6.42 Å². The fraction of sp³-hybridized carbons (Fsp3) is 0.143. The second-order valence-electron chi connectivity index (χ2n) is 3.97. The lowest BCUT2D eigenvalue weighted by Gasteiger charge is -2.11. The molecule has 2 rings (SSSR count). The Hall–Kier alpha value is -1.46. The van der Waals surface area contributed by atoms with Crippen LogP contribution in [0.25, 0.3) is 0 Å². The van der Waals surface area contributed by atoms with Crippen molar-refractivity contribution in [3.63, 3.8) is 0 Å². The first-order valence-corrected chi connectivity index (χ1v) is 6.51. The highest BCUT2D eigenvalue weighted by Crippen LogP contribution is 2.29. The van der Waals surface area contributed by atoms with E-state index in [2.05, 4.69) is 15.9 Å². The Kier molecular flexibility index (Phi) is 4.50. The van der Waals surface area contributed by atoms with Crippen LogP contribution in [-0.4, -0.2) is 6.54 Å². The van der Waals surface area contributed by atoms with E-state index in [-0.39, 0.29) is 5.75 Å². The van der Waals surface area contributed by atoms with Crippen LogP contribution in [0.1, 0.15) is 5.56 Å². The first-order chi connectivity index (χ1) is 9.10. The number of nitrogens with two attached hydrogens (primary N) is 1. The maximum absolute atomic E-state index is 13.1. The normalized spacial score (nSPS) is 10.5. The standard InChI is InChI=1S/C14H12BrF2NO/c15-10-1-4-14(9(7-10)5-6-18)19-11-2-3-12(16)13(17)8-11/h1-4,7-8H,5-6,18H2. The lowest BCUT2D eigenvalue weighted by molar-refractivity contribution is 0.457. The Labute approximate surface area is 118 Å². The third-order valence-electron chi connectivity index (χ3n) is 2.56. The summed E-state index contributed by atoms with van der Waals surface area (Å²) < 4.78 is 32.4. The van der Waals surface area contributed by atoms with Crippen molar-refractivity contribution in [1.82, 2.24) is 0 Å². The Morgan fingerprint density at radius 3 is 2.53 bits per heavy atom. The molecule has 2 nitrogen and oxygen atoms in total. The summed E-state index contributed by atoms with van der Waals surface area (Å²) in [7, 11) is 0. The average Bonchev–Trinajstić information content (AvgIpc) is 2.37. The number of hydrogen-bond donors (Lipinski definition) is 1. The summed E-state index contributed by atoms with van der Waals surface area (Å²) in [5.41, 5.74) is 6.44. The van der Waals surface area contributed by atoms with Gasteiger partial charge < -0.3 is 10.5 Å². The Bertz CT molecular complexity index is 590. The number of halogens is 3. The molecule has 0 saturated carbocycles. The molecule has 0 spiro atoms. The summed E-state index contributed by atoms with van der Waals surface area (Å²) >= 11 is 3.37. The van der Waals surface area contributed by atoms with Crippen LogP contribution < -0.4 is 10.5 Å². The van der Waals surface area contributed by atoms with Gasteiger partial charge in [-0.25, -0.2) is 8.78 Å². The molecule has 0 radical (unpaired) electrons. The third kappa shape index (κ3) is 3.52. The van der Waals surface area contributed by atoms with Crippen molar-refractivity contribution in [2.24, 2.45) is 5.73 Å². The van der Waals surface area contributed by atoms with Crippen molar-refractivity contribution in [1.29, 1.82) is 0 Å². The summed E-state index contributed by atoms with van der Waals surface area (Å²) in [5.74, 6) is -1.00. The van der Waals surface area contributed by atoms with Crippen LogP contribution in [0, 0.1) is 11.6 Å². The molecule has 2 aromatic carbocycles. The van der Waals surface area contributed by atoms with Gasteiger partial charge >= 0.3 is 0 Å². The molecule has 0 fully saturated rings. The zero-order valence-corrected chi connectivity index (χ0v) is 11.6. The van der Waals surface area contributed by atoms with Crippen molar-refractivity contribution in [3.8, 4) is 11.5 Å². The predicted octanol–water partition coefficient (Wildman–Crippen LogP) is 4.02. The zero-order chi connectivity index (χ0) is 13.8. The molecule has 0 aliphatic carbocycles. The largest absolute Gasteiger partial charge is 0.457 e. The zero-order valence-electron chi connectivity index (χ0n) is 10.00. The maximum atomic E-state index is 13.1. The van der Waals surface area contributed by atoms with E-state index in [1.54, 1.807) is 6.07 Å². The van der Waals surface area contributed by atoms with Crippen molar-refractivity contribution < 1.29 is 13.5 Å². The molecule has 100 valence electrons. The quantitative estimate of drug-likeness (QED) is 0.920. The van der Waals surface area contributed by atoms with E-state index in [0.29, 0.717) is 18.7 Å². The van der Waals surface area contributed by atoms with E-state index >= 15 is 0 Å². The Morgan fingerprint density at radius 2 is 1.84 bits per heavy atom. The van der Waals surface area contributed by atoms with Gasteiger partial charge in [0.1, 0.15) is 11.5 Å². The monoisotopic (exact) mass is 327 g/mol. The van der Waals surface area contributed by atoms with Crippen molar-refractivity contribution in [3.05, 3.63) is 58.1 Å². The van der Waals surface area contributed by atoms with Gasteiger partial charge in [-0.2, -0.15) is 0 Å². The fourth-order valence-corrected chi connectivity index (χ4v) is 2.07. The molecule has 2 aromatic rings. The third-order valence-corrected chi connectivity index (χ3v) is 3.05. The molecule has 19 heavy (non-hydrogen) atoms. The Morgan fingerprint density at radius 1 is 1.05 bits per heavy atom. The van der Waals surface area contributed by atoms with Gasteiger partial charge in [-0.15, -0.1) is 0 Å². The maximum Gasteiger partial charge on any atom is 0.162 e. The second kappa shape index (κ2) is 6.12. The summed E-state index contributed by atoms with van der Waals surface area (Å²) in [6.07, 6.45) is 0.637. The number of benzene rings is 2. The van der Waals surface area contributed by atoms with Crippen LogP contribution in [0.5, 0.6) is 11.5 Å². The molecule has 0 aliphatic rings. The van der Waals surface area contributed by atoms with E-state index < -0.39 is 11.6 Å². The van der Waals surface area contributed by atoms with Gasteiger partial charge in [-0.3, -0.25) is 0 Å². The van der Waals surface area contributed by atoms with Gasteiger partial charge in [-0.1, -0.05) is 15.9 Å². The molecule has 0 aliphatic heterocycles. The number of ether oxygens (including phenoxy) is 1. The highest BCUT2D eigenvalue weighted by molar-refractivity contribution is 9.10. The molecule has 0 atom stereocenters. The van der Waals surface area contributed by atoms with E-state index in [1.807, 2.05) is 12.1 Å². The topological polar surface area (TPSA) is 35.2 Å². The van der Waals surface area contributed by atoms with Gasteiger partial charge in [0.15, 0.2) is 11.6 Å². The molecule has 0 bridgehead atoms. The molecule has 0 aromatic heterocycles. The summed E-state index contributed by atoms with van der Waals surface area (Å²) in [6, 6.07) is 8.90. The second-order valence-corrected chi connectivity index (χ2v) is 4.88. The minimum absolute atomic E-state index is 0.250. The molecule has 0 unspecified atom stereocenters. The van der Waals surface area contributed by atoms with Crippen LogP contribution in [0.4, 0.5) is 8.78 Å². The van der Waals surface area contributed by atoms with Gasteiger partial charge in [0.2, 0.25) is 0 Å². The fourth-order valence-electron chi connectivity index (χ4n) is 1.67. The minimum Gasteiger partial charge on any atom is -0.457 e. The van der Waals surface area contributed by atoms with Gasteiger partial charge in [0, 0.05) is 10.5 Å². The van der Waals surface area contributed by atoms with Crippen LogP contribution in [0.3, 0.4) is 0 Å². The Balaban J connectivity index is 2.29. The van der Waals surface area contributed by atoms with Gasteiger partial charge in [-0.05, 0) is 48.9 Å². The first kappa shape index (κ1) is 14.0. The highest BCUT2D eigenvalue weighted by atomic mass is 79.9. The highest BCUT2D eigenvalue weighted by Gasteiger charge is 2.08. The van der Waals surface area contributed by atoms with E-state index in [1.165, 1.54) is 6.07 Å². The summed E-state index contributed by atoms with van der Waals surface area (Å²) in [5, 5.41) is 0. The molecular formula is C14H12BrF2NO. The summed E-state index contributed by atoms with van der Waals surface area (Å²) in [6.45, 7) is 0.477. The first-order valence-electron chi connectivity index (χ1n) is 5.71. The van der Waals surface area contributed by atoms with Crippen LogP contribution >= 0.6 is 15.9 Å². The van der Waals surface area contributed by atoms with Gasteiger partial charge in [0.05, 0.1) is 0 Å². The summed E-state index contributed by atoms with van der Waals surface area (Å²) in [4.78, 5) is 0. The smallest absolute Gasteiger partial charge is 0.162 e.